The largest absolute Gasteiger partial charge is 0.497 e. The number of imide groups is 1. The summed E-state index contributed by atoms with van der Waals surface area (Å²) >= 11 is 1.26. The second-order valence-electron chi connectivity index (χ2n) is 6.26. The summed E-state index contributed by atoms with van der Waals surface area (Å²) in [5.74, 6) is -0.00592. The van der Waals surface area contributed by atoms with E-state index in [1.165, 1.54) is 21.6 Å². The van der Waals surface area contributed by atoms with Gasteiger partial charge in [0.1, 0.15) is 5.75 Å². The fraction of sp³-hybridized carbons (Fsp3) is 0.250. The number of carbonyl (C=O) groups is 3. The molecule has 1 fully saturated rings. The van der Waals surface area contributed by atoms with E-state index in [0.717, 1.165) is 0 Å². The highest BCUT2D eigenvalue weighted by Crippen LogP contribution is 2.55. The number of amides is 3. The Kier molecular flexibility index (Phi) is 4.19. The minimum absolute atomic E-state index is 0.167. The van der Waals surface area contributed by atoms with Crippen molar-refractivity contribution in [3.63, 3.8) is 0 Å². The lowest BCUT2D eigenvalue weighted by Crippen LogP contribution is -2.50. The molecule has 3 amide bonds. The molecule has 0 saturated carbocycles. The van der Waals surface area contributed by atoms with Gasteiger partial charge in [0.05, 0.1) is 18.6 Å². The standard InChI is InChI=1S/C20H18N2O4S/c1-3-17(23)21-16-7-5-4-6-15(16)20(19(21)25)22(18(24)12-27-20)13-8-10-14(26-2)11-9-13/h4-11H,3,12H2,1-2H3. The Labute approximate surface area is 161 Å². The molecule has 2 aliphatic rings. The minimum Gasteiger partial charge on any atom is -0.497 e. The van der Waals surface area contributed by atoms with Gasteiger partial charge in [0, 0.05) is 17.7 Å². The molecule has 0 radical (unpaired) electrons. The molecule has 4 rings (SSSR count). The lowest BCUT2D eigenvalue weighted by atomic mass is 10.0. The van der Waals surface area contributed by atoms with Crippen LogP contribution in [0.4, 0.5) is 11.4 Å². The molecule has 2 aliphatic heterocycles. The van der Waals surface area contributed by atoms with E-state index in [1.54, 1.807) is 50.4 Å². The number of nitrogens with zero attached hydrogens (tertiary/aromatic N) is 2. The van der Waals surface area contributed by atoms with Crippen molar-refractivity contribution in [3.05, 3.63) is 54.1 Å². The van der Waals surface area contributed by atoms with Crippen LogP contribution in [0.3, 0.4) is 0 Å². The molecule has 2 heterocycles. The fourth-order valence-corrected chi connectivity index (χ4v) is 4.96. The van der Waals surface area contributed by atoms with Gasteiger partial charge in [0.2, 0.25) is 16.7 Å². The quantitative estimate of drug-likeness (QED) is 0.817. The van der Waals surface area contributed by atoms with Gasteiger partial charge < -0.3 is 4.74 Å². The van der Waals surface area contributed by atoms with Crippen LogP contribution in [-0.4, -0.2) is 30.6 Å². The first-order chi connectivity index (χ1) is 13.0. The Morgan fingerprint density at radius 1 is 1.15 bits per heavy atom. The predicted octanol–water partition coefficient (Wildman–Crippen LogP) is 2.91. The lowest BCUT2D eigenvalue weighted by molar-refractivity contribution is -0.128. The Morgan fingerprint density at radius 2 is 1.85 bits per heavy atom. The summed E-state index contributed by atoms with van der Waals surface area (Å²) in [6.07, 6.45) is 0.206. The summed E-state index contributed by atoms with van der Waals surface area (Å²) in [4.78, 5) is 40.3. The Balaban J connectivity index is 1.90. The van der Waals surface area contributed by atoms with E-state index in [-0.39, 0.29) is 29.9 Å². The molecule has 0 bridgehead atoms. The first-order valence-corrected chi connectivity index (χ1v) is 9.61. The van der Waals surface area contributed by atoms with Crippen LogP contribution in [-0.2, 0) is 19.3 Å². The number of thioether (sulfide) groups is 1. The number of para-hydroxylation sites is 1. The summed E-state index contributed by atoms with van der Waals surface area (Å²) in [6, 6.07) is 14.2. The summed E-state index contributed by atoms with van der Waals surface area (Å²) in [5.41, 5.74) is 1.82. The molecule has 2 aromatic carbocycles. The van der Waals surface area contributed by atoms with Crippen LogP contribution < -0.4 is 14.5 Å². The lowest BCUT2D eigenvalue weighted by Gasteiger charge is -2.33. The van der Waals surface area contributed by atoms with Gasteiger partial charge in [0.25, 0.3) is 5.91 Å². The Bertz CT molecular complexity index is 943. The molecule has 1 saturated heterocycles. The molecule has 1 spiro atoms. The number of hydrogen-bond donors (Lipinski definition) is 0. The van der Waals surface area contributed by atoms with E-state index in [0.29, 0.717) is 22.7 Å². The number of anilines is 2. The van der Waals surface area contributed by atoms with Crippen molar-refractivity contribution in [3.8, 4) is 5.75 Å². The molecule has 0 aliphatic carbocycles. The topological polar surface area (TPSA) is 66.9 Å². The maximum atomic E-state index is 13.5. The van der Waals surface area contributed by atoms with Crippen LogP contribution in [0.1, 0.15) is 18.9 Å². The second-order valence-corrected chi connectivity index (χ2v) is 7.43. The van der Waals surface area contributed by atoms with E-state index >= 15 is 0 Å². The SMILES string of the molecule is CCC(=O)N1C(=O)C2(SCC(=O)N2c2ccc(OC)cc2)c2ccccc21. The van der Waals surface area contributed by atoms with Crippen molar-refractivity contribution in [1.29, 1.82) is 0 Å². The van der Waals surface area contributed by atoms with Crippen LogP contribution in [0.15, 0.2) is 48.5 Å². The van der Waals surface area contributed by atoms with Gasteiger partial charge in [-0.05, 0) is 30.3 Å². The molecular formula is C20H18N2O4S. The van der Waals surface area contributed by atoms with Gasteiger partial charge in [-0.2, -0.15) is 0 Å². The highest BCUT2D eigenvalue weighted by atomic mass is 32.2. The monoisotopic (exact) mass is 382 g/mol. The van der Waals surface area contributed by atoms with E-state index in [9.17, 15) is 14.4 Å². The number of ether oxygens (including phenoxy) is 1. The first-order valence-electron chi connectivity index (χ1n) is 8.62. The van der Waals surface area contributed by atoms with Crippen LogP contribution in [0.5, 0.6) is 5.75 Å². The van der Waals surface area contributed by atoms with Crippen molar-refractivity contribution in [1.82, 2.24) is 0 Å². The molecule has 6 nitrogen and oxygen atoms in total. The predicted molar refractivity (Wildman–Crippen MR) is 104 cm³/mol. The number of benzene rings is 2. The summed E-state index contributed by atoms with van der Waals surface area (Å²) in [6.45, 7) is 1.72. The molecule has 0 aromatic heterocycles. The molecular weight excluding hydrogens is 364 g/mol. The van der Waals surface area contributed by atoms with Crippen molar-refractivity contribution in [2.75, 3.05) is 22.7 Å². The third-order valence-electron chi connectivity index (χ3n) is 4.85. The number of hydrogen-bond acceptors (Lipinski definition) is 5. The zero-order valence-electron chi connectivity index (χ0n) is 15.0. The van der Waals surface area contributed by atoms with Crippen molar-refractivity contribution in [2.45, 2.75) is 18.2 Å². The highest BCUT2D eigenvalue weighted by Gasteiger charge is 2.61. The molecule has 1 atom stereocenters. The second kappa shape index (κ2) is 6.42. The number of carbonyl (C=O) groups excluding carboxylic acids is 3. The third kappa shape index (κ3) is 2.38. The van der Waals surface area contributed by atoms with Gasteiger partial charge in [0.15, 0.2) is 0 Å². The zero-order chi connectivity index (χ0) is 19.2. The van der Waals surface area contributed by atoms with E-state index in [4.69, 9.17) is 4.74 Å². The van der Waals surface area contributed by atoms with Gasteiger partial charge in [-0.3, -0.25) is 19.3 Å². The molecule has 1 unspecified atom stereocenters. The molecule has 7 heteroatoms. The van der Waals surface area contributed by atoms with Crippen LogP contribution in [0, 0.1) is 0 Å². The molecule has 2 aromatic rings. The van der Waals surface area contributed by atoms with Gasteiger partial charge >= 0.3 is 0 Å². The van der Waals surface area contributed by atoms with Crippen LogP contribution in [0.25, 0.3) is 0 Å². The summed E-state index contributed by atoms with van der Waals surface area (Å²) < 4.78 is 5.19. The number of methoxy groups -OCH3 is 1. The van der Waals surface area contributed by atoms with Crippen LogP contribution >= 0.6 is 11.8 Å². The normalized spacial score (nSPS) is 21.1. The van der Waals surface area contributed by atoms with E-state index in [1.807, 2.05) is 12.1 Å². The minimum atomic E-state index is -1.26. The highest BCUT2D eigenvalue weighted by molar-refractivity contribution is 8.02. The van der Waals surface area contributed by atoms with Crippen LogP contribution in [0.2, 0.25) is 0 Å². The van der Waals surface area contributed by atoms with Crippen molar-refractivity contribution in [2.24, 2.45) is 0 Å². The number of rotatable bonds is 3. The molecule has 27 heavy (non-hydrogen) atoms. The molecule has 0 N–H and O–H groups in total. The van der Waals surface area contributed by atoms with Gasteiger partial charge in [-0.15, -0.1) is 11.8 Å². The maximum absolute atomic E-state index is 13.5. The maximum Gasteiger partial charge on any atom is 0.275 e. The Morgan fingerprint density at radius 3 is 2.52 bits per heavy atom. The van der Waals surface area contributed by atoms with Crippen molar-refractivity contribution >= 4 is 40.9 Å². The average molecular weight is 382 g/mol. The average Bonchev–Trinajstić information content (AvgIpc) is 3.17. The van der Waals surface area contributed by atoms with Crippen molar-refractivity contribution < 1.29 is 19.1 Å². The summed E-state index contributed by atoms with van der Waals surface area (Å²) in [7, 11) is 1.57. The van der Waals surface area contributed by atoms with Gasteiger partial charge in [-0.25, -0.2) is 4.90 Å². The molecule has 138 valence electrons. The fourth-order valence-electron chi connectivity index (χ4n) is 3.62. The smallest absolute Gasteiger partial charge is 0.275 e. The third-order valence-corrected chi connectivity index (χ3v) is 6.24. The van der Waals surface area contributed by atoms with Gasteiger partial charge in [-0.1, -0.05) is 25.1 Å². The first kappa shape index (κ1) is 17.6. The summed E-state index contributed by atoms with van der Waals surface area (Å²) in [5, 5.41) is 0. The Hall–Kier alpha value is -2.80. The van der Waals surface area contributed by atoms with E-state index in [2.05, 4.69) is 0 Å². The number of fused-ring (bicyclic) bond motifs is 2. The zero-order valence-corrected chi connectivity index (χ0v) is 15.8. The van der Waals surface area contributed by atoms with E-state index < -0.39 is 4.87 Å².